The van der Waals surface area contributed by atoms with Crippen LogP contribution >= 0.6 is 0 Å². The highest BCUT2D eigenvalue weighted by Gasteiger charge is 2.55. The molecule has 3 fully saturated rings. The van der Waals surface area contributed by atoms with Crippen LogP contribution in [0.3, 0.4) is 0 Å². The van der Waals surface area contributed by atoms with Crippen molar-refractivity contribution in [3.05, 3.63) is 71.3 Å². The second-order valence-corrected chi connectivity index (χ2v) is 11.6. The van der Waals surface area contributed by atoms with E-state index < -0.39 is 0 Å². The summed E-state index contributed by atoms with van der Waals surface area (Å²) in [7, 11) is 4.34. The highest BCUT2D eigenvalue weighted by atomic mass is 16.2. The van der Waals surface area contributed by atoms with Crippen molar-refractivity contribution in [2.75, 3.05) is 33.7 Å². The Morgan fingerprint density at radius 1 is 1.03 bits per heavy atom. The lowest BCUT2D eigenvalue weighted by Gasteiger charge is -2.51. The summed E-state index contributed by atoms with van der Waals surface area (Å²) in [5, 5.41) is 9.02. The molecule has 0 N–H and O–H groups in total. The summed E-state index contributed by atoms with van der Waals surface area (Å²) in [4.78, 5) is 33.1. The van der Waals surface area contributed by atoms with Gasteiger partial charge < -0.3 is 9.80 Å². The summed E-state index contributed by atoms with van der Waals surface area (Å²) in [6, 6.07) is 20.1. The minimum atomic E-state index is -0.199. The minimum Gasteiger partial charge on any atom is -0.317 e. The van der Waals surface area contributed by atoms with Crippen molar-refractivity contribution >= 4 is 11.8 Å². The molecule has 0 aromatic heterocycles. The molecule has 2 aromatic rings. The van der Waals surface area contributed by atoms with Crippen LogP contribution in [-0.2, 0) is 16.8 Å². The Morgan fingerprint density at radius 2 is 1.70 bits per heavy atom. The number of nitriles is 1. The fraction of sp³-hybridized carbons (Fsp3) is 0.516. The van der Waals surface area contributed by atoms with Crippen molar-refractivity contribution in [2.45, 2.75) is 62.4 Å². The molecule has 0 atom stereocenters. The van der Waals surface area contributed by atoms with Gasteiger partial charge in [-0.25, -0.2) is 4.79 Å². The van der Waals surface area contributed by atoms with Gasteiger partial charge in [-0.3, -0.25) is 9.69 Å². The molecule has 3 aliphatic rings. The van der Waals surface area contributed by atoms with Gasteiger partial charge in [0, 0.05) is 25.0 Å². The van der Waals surface area contributed by atoms with Crippen molar-refractivity contribution in [3.8, 4) is 6.07 Å². The molecule has 0 unspecified atom stereocenters. The molecule has 1 heterocycles. The van der Waals surface area contributed by atoms with E-state index in [4.69, 9.17) is 5.26 Å². The predicted molar refractivity (Wildman–Crippen MR) is 144 cm³/mol. The average Bonchev–Trinajstić information content (AvgIpc) is 3.12. The first-order chi connectivity index (χ1) is 17.8. The lowest BCUT2D eigenvalue weighted by Crippen LogP contribution is -2.56. The molecule has 0 radical (unpaired) electrons. The van der Waals surface area contributed by atoms with Crippen LogP contribution in [0.1, 0.15) is 61.6 Å². The molecule has 6 nitrogen and oxygen atoms in total. The first-order valence-corrected chi connectivity index (χ1v) is 13.7. The van der Waals surface area contributed by atoms with Crippen molar-refractivity contribution < 1.29 is 9.59 Å². The van der Waals surface area contributed by atoms with E-state index in [1.165, 1.54) is 24.8 Å². The van der Waals surface area contributed by atoms with Gasteiger partial charge in [0.05, 0.1) is 23.7 Å². The van der Waals surface area contributed by atoms with Crippen molar-refractivity contribution in [3.63, 3.8) is 0 Å². The summed E-state index contributed by atoms with van der Waals surface area (Å²) < 4.78 is 0. The van der Waals surface area contributed by atoms with Crippen molar-refractivity contribution in [2.24, 2.45) is 5.92 Å². The largest absolute Gasteiger partial charge is 0.321 e. The molecule has 6 heteroatoms. The van der Waals surface area contributed by atoms with Crippen molar-refractivity contribution in [1.82, 2.24) is 14.7 Å². The highest BCUT2D eigenvalue weighted by Crippen LogP contribution is 2.49. The van der Waals surface area contributed by atoms with Crippen LogP contribution in [0.5, 0.6) is 0 Å². The van der Waals surface area contributed by atoms with Crippen LogP contribution in [0.4, 0.5) is 4.79 Å². The number of ketones is 1. The number of Topliss-reactive ketones (excluding diaryl/α,β-unsaturated/α-hetero) is 1. The number of benzene rings is 2. The Kier molecular flexibility index (Phi) is 7.09. The first kappa shape index (κ1) is 25.5. The van der Waals surface area contributed by atoms with Gasteiger partial charge in [-0.2, -0.15) is 5.26 Å². The number of urea groups is 1. The van der Waals surface area contributed by atoms with Crippen LogP contribution in [0.15, 0.2) is 54.6 Å². The van der Waals surface area contributed by atoms with Crippen LogP contribution in [0.2, 0.25) is 0 Å². The number of nitrogens with zero attached hydrogens (tertiary/aromatic N) is 4. The average molecular weight is 499 g/mol. The molecule has 2 aliphatic carbocycles. The highest BCUT2D eigenvalue weighted by molar-refractivity contribution is 5.88. The van der Waals surface area contributed by atoms with E-state index in [0.29, 0.717) is 18.0 Å². The van der Waals surface area contributed by atoms with Gasteiger partial charge >= 0.3 is 6.03 Å². The molecular weight excluding hydrogens is 460 g/mol. The van der Waals surface area contributed by atoms with Gasteiger partial charge in [0.1, 0.15) is 0 Å². The molecule has 2 saturated carbocycles. The maximum absolute atomic E-state index is 13.7. The standard InChI is InChI=1S/C31H38N4O2/c1-33(2)31(27-9-4-3-5-10-27)17-15-30(16-18-31)23-34(29(37)35(30)21-26-7-6-8-26)22-28(36)19-24-11-13-25(20-32)14-12-24/h3-5,9-14,26H,6-8,15-19,21-23H2,1-2H3. The Hall–Kier alpha value is -3.17. The van der Waals surface area contributed by atoms with E-state index in [2.05, 4.69) is 60.3 Å². The van der Waals surface area contributed by atoms with Crippen LogP contribution in [0, 0.1) is 17.2 Å². The first-order valence-electron chi connectivity index (χ1n) is 13.7. The SMILES string of the molecule is CN(C)C1(c2ccccc2)CCC2(CC1)CN(CC(=O)Cc1ccc(C#N)cc1)C(=O)N2CC1CCC1. The fourth-order valence-electron chi connectivity index (χ4n) is 6.70. The molecule has 2 aromatic carbocycles. The molecule has 194 valence electrons. The lowest BCUT2D eigenvalue weighted by molar-refractivity contribution is -0.119. The summed E-state index contributed by atoms with van der Waals surface area (Å²) in [6.07, 6.45) is 7.80. The molecule has 1 aliphatic heterocycles. The number of amides is 2. The van der Waals surface area contributed by atoms with E-state index in [9.17, 15) is 9.59 Å². The zero-order valence-corrected chi connectivity index (χ0v) is 22.2. The van der Waals surface area contributed by atoms with E-state index in [-0.39, 0.29) is 35.9 Å². The Labute approximate surface area is 220 Å². The third-order valence-corrected chi connectivity index (χ3v) is 9.25. The smallest absolute Gasteiger partial charge is 0.317 e. The number of hydrogen-bond acceptors (Lipinski definition) is 4. The van der Waals surface area contributed by atoms with E-state index >= 15 is 0 Å². The molecule has 1 spiro atoms. The fourth-order valence-corrected chi connectivity index (χ4v) is 6.70. The summed E-state index contributed by atoms with van der Waals surface area (Å²) in [5.74, 6) is 0.631. The second-order valence-electron chi connectivity index (χ2n) is 11.6. The summed E-state index contributed by atoms with van der Waals surface area (Å²) in [5.41, 5.74) is 2.58. The summed E-state index contributed by atoms with van der Waals surface area (Å²) >= 11 is 0. The normalized spacial score (nSPS) is 25.9. The number of rotatable bonds is 8. The monoisotopic (exact) mass is 498 g/mol. The number of hydrogen-bond donors (Lipinski definition) is 0. The van der Waals surface area contributed by atoms with Crippen LogP contribution in [-0.4, -0.2) is 65.8 Å². The van der Waals surface area contributed by atoms with E-state index in [0.717, 1.165) is 37.8 Å². The zero-order valence-electron chi connectivity index (χ0n) is 22.2. The van der Waals surface area contributed by atoms with Gasteiger partial charge in [-0.1, -0.05) is 48.9 Å². The van der Waals surface area contributed by atoms with Gasteiger partial charge in [0.25, 0.3) is 0 Å². The quantitative estimate of drug-likeness (QED) is 0.515. The molecular formula is C31H38N4O2. The topological polar surface area (TPSA) is 67.6 Å². The lowest BCUT2D eigenvalue weighted by atomic mass is 9.68. The summed E-state index contributed by atoms with van der Waals surface area (Å²) in [6.45, 7) is 1.61. The van der Waals surface area contributed by atoms with Gasteiger partial charge in [-0.15, -0.1) is 0 Å². The Bertz CT molecular complexity index is 1160. The van der Waals surface area contributed by atoms with E-state index in [1.807, 2.05) is 17.0 Å². The second kappa shape index (κ2) is 10.3. The maximum atomic E-state index is 13.7. The third-order valence-electron chi connectivity index (χ3n) is 9.25. The number of carbonyl (C=O) groups is 2. The predicted octanol–water partition coefficient (Wildman–Crippen LogP) is 4.98. The van der Waals surface area contributed by atoms with Gasteiger partial charge in [0.15, 0.2) is 5.78 Å². The van der Waals surface area contributed by atoms with Crippen molar-refractivity contribution in [1.29, 1.82) is 5.26 Å². The zero-order chi connectivity index (χ0) is 26.0. The maximum Gasteiger partial charge on any atom is 0.321 e. The third kappa shape index (κ3) is 4.90. The van der Waals surface area contributed by atoms with Crippen LogP contribution < -0.4 is 0 Å². The molecule has 2 amide bonds. The Balaban J connectivity index is 1.33. The molecule has 5 rings (SSSR count). The molecule has 0 bridgehead atoms. The number of carbonyl (C=O) groups excluding carboxylic acids is 2. The van der Waals surface area contributed by atoms with Crippen LogP contribution in [0.25, 0.3) is 0 Å². The van der Waals surface area contributed by atoms with Gasteiger partial charge in [-0.05, 0) is 81.8 Å². The van der Waals surface area contributed by atoms with Gasteiger partial charge in [0.2, 0.25) is 0 Å². The minimum absolute atomic E-state index is 0.0312. The Morgan fingerprint density at radius 3 is 2.27 bits per heavy atom. The molecule has 37 heavy (non-hydrogen) atoms. The molecule has 1 saturated heterocycles. The van der Waals surface area contributed by atoms with E-state index in [1.54, 1.807) is 12.1 Å².